The van der Waals surface area contributed by atoms with Gasteiger partial charge in [0.25, 0.3) is 0 Å². The molecule has 1 saturated carbocycles. The third-order valence-electron chi connectivity index (χ3n) is 11.7. The van der Waals surface area contributed by atoms with Gasteiger partial charge in [0, 0.05) is 19.1 Å². The van der Waals surface area contributed by atoms with Crippen molar-refractivity contribution < 1.29 is 52.7 Å². The van der Waals surface area contributed by atoms with Crippen LogP contribution in [0, 0.1) is 0 Å². The van der Waals surface area contributed by atoms with Crippen LogP contribution in [0.5, 0.6) is 0 Å². The van der Waals surface area contributed by atoms with Gasteiger partial charge < -0.3 is 49.1 Å². The highest BCUT2D eigenvalue weighted by atomic mass is 16.7. The molecular weight excluding hydrogens is 851 g/mol. The fraction of sp³-hybridized carbons (Fsp3) is 0.417. The van der Waals surface area contributed by atoms with E-state index in [0.717, 1.165) is 22.3 Å². The number of nitrogens with one attached hydrogen (secondary N) is 2. The Bertz CT molecular complexity index is 2210. The summed E-state index contributed by atoms with van der Waals surface area (Å²) in [6, 6.07) is 33.6. The Labute approximate surface area is 383 Å². The molecule has 18 heteroatoms. The SMILES string of the molecule is CO[C@H]1C[C@H](N=[N+]=[N-])[C@@H](O[C@H]2O[C@H](CN(C(=O)OCc3ccccc3)[C@H](C)c3ccccc3)CC[C@H]2NC(=O)OCc2ccccc2)[C@H](O)[C@@H]1N(C)C(=O)CNC(=O)OCc1ccccc1. The normalized spacial score (nSPS) is 22.9. The number of rotatable bonds is 18. The van der Waals surface area contributed by atoms with E-state index in [1.54, 1.807) is 17.0 Å². The molecule has 66 heavy (non-hydrogen) atoms. The molecule has 1 aliphatic carbocycles. The lowest BCUT2D eigenvalue weighted by Gasteiger charge is -2.48. The molecule has 9 atom stereocenters. The Morgan fingerprint density at radius 3 is 1.92 bits per heavy atom. The molecule has 18 nitrogen and oxygen atoms in total. The average molecular weight is 908 g/mol. The van der Waals surface area contributed by atoms with Gasteiger partial charge in [0.1, 0.15) is 32.5 Å². The van der Waals surface area contributed by atoms with Crippen LogP contribution in [0.25, 0.3) is 10.4 Å². The highest BCUT2D eigenvalue weighted by Crippen LogP contribution is 2.34. The second-order valence-electron chi connectivity index (χ2n) is 16.1. The quantitative estimate of drug-likeness (QED) is 0.0408. The van der Waals surface area contributed by atoms with Crippen LogP contribution in [0.2, 0.25) is 0 Å². The van der Waals surface area contributed by atoms with Gasteiger partial charge in [0.15, 0.2) is 6.29 Å². The number of carbonyl (C=O) groups is 4. The molecule has 0 radical (unpaired) electrons. The number of likely N-dealkylation sites (N-methyl/N-ethyl adjacent to an activating group) is 1. The summed E-state index contributed by atoms with van der Waals surface area (Å²) in [5, 5.41) is 21.4. The fourth-order valence-electron chi connectivity index (χ4n) is 8.08. The second-order valence-corrected chi connectivity index (χ2v) is 16.1. The maximum Gasteiger partial charge on any atom is 0.410 e. The predicted molar refractivity (Wildman–Crippen MR) is 240 cm³/mol. The van der Waals surface area contributed by atoms with Crippen LogP contribution in [0.4, 0.5) is 14.4 Å². The first-order valence-electron chi connectivity index (χ1n) is 21.8. The van der Waals surface area contributed by atoms with Crippen molar-refractivity contribution in [3.05, 3.63) is 154 Å². The number of benzene rings is 4. The smallest absolute Gasteiger partial charge is 0.410 e. The number of hydrogen-bond donors (Lipinski definition) is 3. The molecule has 2 aliphatic rings. The standard InChI is InChI=1S/C48H57N7O11/c1-32(36-22-14-7-15-23-36)55(48(60)64-31-35-20-12-6-13-21-35)28-37-24-25-38(51-47(59)63-30-34-18-10-5-11-19-34)45(65-37)66-44-39(52-53-49)26-40(61-3)42(43(44)57)54(2)41(56)27-50-46(58)62-29-33-16-8-4-9-17-33/h4-23,32,37-40,42-45,57H,24-31H2,1-3H3,(H,50,58)(H,51,59)/t32-,37+,38-,39+,40+,42-,43-,44-,45-/m1/s1. The van der Waals surface area contributed by atoms with Crippen molar-refractivity contribution in [2.24, 2.45) is 5.11 Å². The van der Waals surface area contributed by atoms with E-state index >= 15 is 0 Å². The Hall–Kier alpha value is -6.69. The van der Waals surface area contributed by atoms with E-state index in [1.807, 2.05) is 116 Å². The number of methoxy groups -OCH3 is 1. The molecule has 1 saturated heterocycles. The van der Waals surface area contributed by atoms with Crippen LogP contribution in [-0.2, 0) is 53.0 Å². The first kappa shape index (κ1) is 48.8. The molecular formula is C48H57N7O11. The average Bonchev–Trinajstić information content (AvgIpc) is 3.35. The molecule has 0 unspecified atom stereocenters. The Balaban J connectivity index is 1.21. The summed E-state index contributed by atoms with van der Waals surface area (Å²) >= 11 is 0. The molecule has 6 rings (SSSR count). The number of nitrogens with zero attached hydrogens (tertiary/aromatic N) is 5. The molecule has 4 aromatic rings. The van der Waals surface area contributed by atoms with Gasteiger partial charge in [0.05, 0.1) is 49.0 Å². The Morgan fingerprint density at radius 1 is 0.818 bits per heavy atom. The third-order valence-corrected chi connectivity index (χ3v) is 11.7. The molecule has 350 valence electrons. The van der Waals surface area contributed by atoms with Crippen molar-refractivity contribution in [2.45, 2.75) is 101 Å². The van der Waals surface area contributed by atoms with Gasteiger partial charge in [-0.15, -0.1) is 0 Å². The first-order chi connectivity index (χ1) is 32.0. The van der Waals surface area contributed by atoms with Crippen LogP contribution in [-0.4, -0.2) is 115 Å². The second kappa shape index (κ2) is 24.6. The summed E-state index contributed by atoms with van der Waals surface area (Å²) in [7, 11) is 2.85. The highest BCUT2D eigenvalue weighted by molar-refractivity contribution is 5.82. The minimum atomic E-state index is -1.55. The summed E-state index contributed by atoms with van der Waals surface area (Å²) < 4.78 is 35.6. The number of azide groups is 1. The van der Waals surface area contributed by atoms with Crippen molar-refractivity contribution in [3.63, 3.8) is 0 Å². The lowest BCUT2D eigenvalue weighted by Crippen LogP contribution is -2.65. The van der Waals surface area contributed by atoms with Crippen LogP contribution < -0.4 is 10.6 Å². The zero-order chi connectivity index (χ0) is 46.8. The lowest BCUT2D eigenvalue weighted by molar-refractivity contribution is -0.259. The number of hydrogen-bond acceptors (Lipinski definition) is 12. The van der Waals surface area contributed by atoms with Gasteiger partial charge in [-0.3, -0.25) is 9.69 Å². The molecule has 0 bridgehead atoms. The molecule has 0 aromatic heterocycles. The molecule has 0 spiro atoms. The third kappa shape index (κ3) is 13.7. The van der Waals surface area contributed by atoms with Gasteiger partial charge in [-0.2, -0.15) is 0 Å². The number of ether oxygens (including phenoxy) is 6. The summed E-state index contributed by atoms with van der Waals surface area (Å²) in [6.07, 6.45) is -7.16. The van der Waals surface area contributed by atoms with E-state index in [4.69, 9.17) is 28.4 Å². The Kier molecular flexibility index (Phi) is 18.1. The maximum atomic E-state index is 13.9. The minimum absolute atomic E-state index is 0.00324. The summed E-state index contributed by atoms with van der Waals surface area (Å²) in [4.78, 5) is 59.2. The summed E-state index contributed by atoms with van der Waals surface area (Å²) in [5.74, 6) is -0.583. The van der Waals surface area contributed by atoms with E-state index in [2.05, 4.69) is 20.7 Å². The number of carbonyl (C=O) groups excluding carboxylic acids is 4. The zero-order valence-corrected chi connectivity index (χ0v) is 37.2. The van der Waals surface area contributed by atoms with Crippen LogP contribution in [0.15, 0.2) is 126 Å². The predicted octanol–water partition coefficient (Wildman–Crippen LogP) is 6.78. The van der Waals surface area contributed by atoms with Crippen LogP contribution >= 0.6 is 0 Å². The largest absolute Gasteiger partial charge is 0.445 e. The van der Waals surface area contributed by atoms with E-state index in [-0.39, 0.29) is 39.2 Å². The van der Waals surface area contributed by atoms with Crippen molar-refractivity contribution in [3.8, 4) is 0 Å². The van der Waals surface area contributed by atoms with Gasteiger partial charge in [0.2, 0.25) is 5.91 Å². The van der Waals surface area contributed by atoms with Crippen molar-refractivity contribution in [1.29, 1.82) is 0 Å². The molecule has 3 N–H and O–H groups in total. The summed E-state index contributed by atoms with van der Waals surface area (Å²) in [6.45, 7) is 1.50. The highest BCUT2D eigenvalue weighted by Gasteiger charge is 2.50. The van der Waals surface area contributed by atoms with E-state index in [9.17, 15) is 29.8 Å². The number of alkyl carbamates (subject to hydrolysis) is 2. The minimum Gasteiger partial charge on any atom is -0.445 e. The molecule has 1 heterocycles. The number of aliphatic hydroxyl groups excluding tert-OH is 1. The molecule has 4 aromatic carbocycles. The lowest BCUT2D eigenvalue weighted by atomic mass is 9.83. The fourth-order valence-corrected chi connectivity index (χ4v) is 8.08. The van der Waals surface area contributed by atoms with Crippen molar-refractivity contribution in [1.82, 2.24) is 20.4 Å². The van der Waals surface area contributed by atoms with E-state index < -0.39 is 85.6 Å². The summed E-state index contributed by atoms with van der Waals surface area (Å²) in [5.41, 5.74) is 12.9. The van der Waals surface area contributed by atoms with E-state index in [1.165, 1.54) is 19.1 Å². The van der Waals surface area contributed by atoms with Crippen LogP contribution in [0.3, 0.4) is 0 Å². The molecule has 4 amide bonds. The van der Waals surface area contributed by atoms with Crippen molar-refractivity contribution in [2.75, 3.05) is 27.2 Å². The van der Waals surface area contributed by atoms with E-state index in [0.29, 0.717) is 6.42 Å². The molecule has 2 fully saturated rings. The van der Waals surface area contributed by atoms with Gasteiger partial charge in [-0.05, 0) is 54.0 Å². The topological polar surface area (TPSA) is 223 Å². The van der Waals surface area contributed by atoms with Gasteiger partial charge in [-0.25, -0.2) is 14.4 Å². The van der Waals surface area contributed by atoms with Crippen molar-refractivity contribution >= 4 is 24.2 Å². The number of amides is 4. The number of aliphatic hydroxyl groups is 1. The van der Waals surface area contributed by atoms with Gasteiger partial charge in [-0.1, -0.05) is 126 Å². The zero-order valence-electron chi connectivity index (χ0n) is 37.2. The van der Waals surface area contributed by atoms with Crippen LogP contribution in [0.1, 0.15) is 54.5 Å². The van der Waals surface area contributed by atoms with Gasteiger partial charge >= 0.3 is 18.3 Å². The first-order valence-corrected chi connectivity index (χ1v) is 21.8. The molecule has 1 aliphatic heterocycles. The maximum absolute atomic E-state index is 13.9. The monoisotopic (exact) mass is 907 g/mol. The Morgan fingerprint density at radius 2 is 1.36 bits per heavy atom.